The summed E-state index contributed by atoms with van der Waals surface area (Å²) in [6, 6.07) is 11.2. The summed E-state index contributed by atoms with van der Waals surface area (Å²) in [5.41, 5.74) is 1.37. The van der Waals surface area contributed by atoms with Gasteiger partial charge in [0, 0.05) is 58.2 Å². The number of benzene rings is 1. The molecular formula is C22H31IN6O. The molecule has 2 atom stereocenters. The maximum Gasteiger partial charge on any atom is 0.293 e. The van der Waals surface area contributed by atoms with Crippen molar-refractivity contribution in [2.75, 3.05) is 37.6 Å². The average molecular weight is 522 g/mol. The predicted octanol–water partition coefficient (Wildman–Crippen LogP) is 2.12. The van der Waals surface area contributed by atoms with Crippen LogP contribution in [0.15, 0.2) is 52.5 Å². The van der Waals surface area contributed by atoms with Crippen LogP contribution in [0.25, 0.3) is 0 Å². The van der Waals surface area contributed by atoms with Gasteiger partial charge in [0.25, 0.3) is 5.56 Å². The molecule has 1 aliphatic heterocycles. The quantitative estimate of drug-likeness (QED) is 0.371. The van der Waals surface area contributed by atoms with Crippen LogP contribution in [-0.4, -0.2) is 59.2 Å². The predicted molar refractivity (Wildman–Crippen MR) is 132 cm³/mol. The van der Waals surface area contributed by atoms with Gasteiger partial charge in [-0.15, -0.1) is 24.0 Å². The molecule has 7 nitrogen and oxygen atoms in total. The summed E-state index contributed by atoms with van der Waals surface area (Å²) in [4.78, 5) is 25.8. The number of piperazine rings is 1. The van der Waals surface area contributed by atoms with E-state index >= 15 is 0 Å². The van der Waals surface area contributed by atoms with Crippen LogP contribution < -0.4 is 15.8 Å². The first-order valence-electron chi connectivity index (χ1n) is 10.5. The first-order chi connectivity index (χ1) is 14.2. The molecule has 2 heterocycles. The van der Waals surface area contributed by atoms with Gasteiger partial charge in [-0.05, 0) is 31.2 Å². The molecule has 0 radical (unpaired) electrons. The highest BCUT2D eigenvalue weighted by Crippen LogP contribution is 2.34. The van der Waals surface area contributed by atoms with Crippen LogP contribution in [0.5, 0.6) is 0 Å². The van der Waals surface area contributed by atoms with Gasteiger partial charge in [0.1, 0.15) is 0 Å². The molecule has 30 heavy (non-hydrogen) atoms. The van der Waals surface area contributed by atoms with Crippen molar-refractivity contribution in [1.82, 2.24) is 19.8 Å². The van der Waals surface area contributed by atoms with Gasteiger partial charge in [0.15, 0.2) is 11.8 Å². The van der Waals surface area contributed by atoms with Crippen molar-refractivity contribution >= 4 is 35.8 Å². The first-order valence-corrected chi connectivity index (χ1v) is 10.5. The van der Waals surface area contributed by atoms with E-state index in [0.29, 0.717) is 17.8 Å². The average Bonchev–Trinajstić information content (AvgIpc) is 3.48. The number of hydrogen-bond donors (Lipinski definition) is 1. The lowest BCUT2D eigenvalue weighted by molar-refractivity contribution is 0.369. The van der Waals surface area contributed by atoms with Crippen molar-refractivity contribution in [2.45, 2.75) is 25.8 Å². The molecule has 1 aromatic carbocycles. The Balaban J connectivity index is 0.00000256. The molecule has 162 valence electrons. The van der Waals surface area contributed by atoms with Crippen molar-refractivity contribution in [3.8, 4) is 0 Å². The van der Waals surface area contributed by atoms with Gasteiger partial charge in [0.05, 0.1) is 0 Å². The van der Waals surface area contributed by atoms with E-state index in [1.54, 1.807) is 24.0 Å². The summed E-state index contributed by atoms with van der Waals surface area (Å²) in [6.45, 7) is 6.05. The Bertz CT molecular complexity index is 907. The molecule has 2 aromatic rings. The van der Waals surface area contributed by atoms with Crippen molar-refractivity contribution in [3.05, 3.63) is 58.6 Å². The lowest BCUT2D eigenvalue weighted by Gasteiger charge is -2.37. The number of nitrogens with zero attached hydrogens (tertiary/aromatic N) is 5. The highest BCUT2D eigenvalue weighted by molar-refractivity contribution is 14.0. The van der Waals surface area contributed by atoms with Crippen molar-refractivity contribution in [3.63, 3.8) is 0 Å². The van der Waals surface area contributed by atoms with Gasteiger partial charge >= 0.3 is 0 Å². The largest absolute Gasteiger partial charge is 0.353 e. The second-order valence-electron chi connectivity index (χ2n) is 7.88. The second-order valence-corrected chi connectivity index (χ2v) is 7.88. The SMILES string of the molecule is CCN=C(NC1CC1Cc1ccccc1)N1CCN(c2nccn(C)c2=O)CC1.I. The molecular weight excluding hydrogens is 491 g/mol. The number of halogens is 1. The zero-order chi connectivity index (χ0) is 20.2. The van der Waals surface area contributed by atoms with Gasteiger partial charge in [-0.1, -0.05) is 30.3 Å². The molecule has 2 aliphatic rings. The van der Waals surface area contributed by atoms with Crippen molar-refractivity contribution in [1.29, 1.82) is 0 Å². The second kappa shape index (κ2) is 10.3. The molecule has 0 spiro atoms. The smallest absolute Gasteiger partial charge is 0.293 e. The number of aliphatic imine (C=N–C) groups is 1. The molecule has 2 unspecified atom stereocenters. The van der Waals surface area contributed by atoms with Crippen LogP contribution in [-0.2, 0) is 13.5 Å². The Kier molecular flexibility index (Phi) is 7.74. The van der Waals surface area contributed by atoms with Crippen LogP contribution in [0.2, 0.25) is 0 Å². The Labute approximate surface area is 195 Å². The van der Waals surface area contributed by atoms with Gasteiger partial charge < -0.3 is 19.7 Å². The number of hydrogen-bond acceptors (Lipinski definition) is 4. The van der Waals surface area contributed by atoms with E-state index in [0.717, 1.165) is 45.1 Å². The Morgan fingerprint density at radius 3 is 2.63 bits per heavy atom. The van der Waals surface area contributed by atoms with Crippen molar-refractivity contribution < 1.29 is 0 Å². The zero-order valence-corrected chi connectivity index (χ0v) is 20.0. The number of aryl methyl sites for hydroxylation is 1. The third-order valence-electron chi connectivity index (χ3n) is 5.76. The van der Waals surface area contributed by atoms with Crippen LogP contribution in [0.4, 0.5) is 5.82 Å². The van der Waals surface area contributed by atoms with Crippen LogP contribution in [0, 0.1) is 5.92 Å². The number of guanidine groups is 1. The van der Waals surface area contributed by atoms with E-state index in [4.69, 9.17) is 4.99 Å². The fraction of sp³-hybridized carbons (Fsp3) is 0.500. The third kappa shape index (κ3) is 5.33. The van der Waals surface area contributed by atoms with E-state index in [1.807, 2.05) is 0 Å². The van der Waals surface area contributed by atoms with E-state index in [-0.39, 0.29) is 29.5 Å². The fourth-order valence-electron chi connectivity index (χ4n) is 3.95. The molecule has 2 fully saturated rings. The standard InChI is InChI=1S/C22H30N6O.HI/c1-3-23-22(25-19-16-18(19)15-17-7-5-4-6-8-17)28-13-11-27(12-14-28)20-21(29)26(2)10-9-24-20;/h4-10,18-19H,3,11-16H2,1-2H3,(H,23,25);1H. The highest BCUT2D eigenvalue weighted by atomic mass is 127. The molecule has 8 heteroatoms. The lowest BCUT2D eigenvalue weighted by Crippen LogP contribution is -2.54. The maximum absolute atomic E-state index is 12.3. The topological polar surface area (TPSA) is 65.8 Å². The molecule has 0 bridgehead atoms. The lowest BCUT2D eigenvalue weighted by atomic mass is 10.1. The molecule has 1 aromatic heterocycles. The van der Waals surface area contributed by atoms with E-state index in [2.05, 4.69) is 57.4 Å². The van der Waals surface area contributed by atoms with E-state index in [1.165, 1.54) is 12.0 Å². The van der Waals surface area contributed by atoms with Gasteiger partial charge in [-0.2, -0.15) is 0 Å². The van der Waals surface area contributed by atoms with E-state index < -0.39 is 0 Å². The molecule has 1 saturated carbocycles. The van der Waals surface area contributed by atoms with Crippen LogP contribution in [0.1, 0.15) is 18.9 Å². The summed E-state index contributed by atoms with van der Waals surface area (Å²) in [7, 11) is 1.77. The summed E-state index contributed by atoms with van der Waals surface area (Å²) < 4.78 is 1.58. The fourth-order valence-corrected chi connectivity index (χ4v) is 3.95. The van der Waals surface area contributed by atoms with Gasteiger partial charge in [-0.25, -0.2) is 4.98 Å². The molecule has 0 amide bonds. The summed E-state index contributed by atoms with van der Waals surface area (Å²) >= 11 is 0. The molecule has 4 rings (SSSR count). The monoisotopic (exact) mass is 522 g/mol. The zero-order valence-electron chi connectivity index (χ0n) is 17.7. The molecule has 1 saturated heterocycles. The number of nitrogens with one attached hydrogen (secondary N) is 1. The van der Waals surface area contributed by atoms with E-state index in [9.17, 15) is 4.79 Å². The molecule has 1 N–H and O–H groups in total. The van der Waals surface area contributed by atoms with Crippen molar-refractivity contribution in [2.24, 2.45) is 18.0 Å². The highest BCUT2D eigenvalue weighted by Gasteiger charge is 2.38. The Hall–Kier alpha value is -2.10. The summed E-state index contributed by atoms with van der Waals surface area (Å²) in [6.07, 6.45) is 5.70. The molecule has 1 aliphatic carbocycles. The first kappa shape index (κ1) is 22.6. The number of rotatable bonds is 5. The third-order valence-corrected chi connectivity index (χ3v) is 5.76. The summed E-state index contributed by atoms with van der Waals surface area (Å²) in [5, 5.41) is 3.68. The minimum Gasteiger partial charge on any atom is -0.353 e. The Morgan fingerprint density at radius 2 is 1.93 bits per heavy atom. The number of anilines is 1. The van der Waals surface area contributed by atoms with Crippen LogP contribution >= 0.6 is 24.0 Å². The van der Waals surface area contributed by atoms with Gasteiger partial charge in [-0.3, -0.25) is 9.79 Å². The Morgan fingerprint density at radius 1 is 1.20 bits per heavy atom. The minimum atomic E-state index is -0.0387. The minimum absolute atomic E-state index is 0. The van der Waals surface area contributed by atoms with Gasteiger partial charge in [0.2, 0.25) is 0 Å². The normalized spacial score (nSPS) is 21.2. The maximum atomic E-state index is 12.3. The van der Waals surface area contributed by atoms with Crippen LogP contribution in [0.3, 0.4) is 0 Å². The summed E-state index contributed by atoms with van der Waals surface area (Å²) in [5.74, 6) is 2.22. The number of aromatic nitrogens is 2.